The Bertz CT molecular complexity index is 790. The number of H-pyrrole nitrogens is 1. The highest BCUT2D eigenvalue weighted by molar-refractivity contribution is 5.86. The highest BCUT2D eigenvalue weighted by Crippen LogP contribution is 2.22. The van der Waals surface area contributed by atoms with E-state index in [1.807, 2.05) is 24.3 Å². The maximum absolute atomic E-state index is 11.8. The van der Waals surface area contributed by atoms with Gasteiger partial charge in [0.05, 0.1) is 0 Å². The third-order valence-corrected chi connectivity index (χ3v) is 3.27. The Morgan fingerprint density at radius 1 is 0.947 bits per heavy atom. The summed E-state index contributed by atoms with van der Waals surface area (Å²) in [5.74, 6) is 0. The predicted molar refractivity (Wildman–Crippen MR) is 77.9 cm³/mol. The summed E-state index contributed by atoms with van der Waals surface area (Å²) in [5, 5.41) is 2.34. The number of hydrogen-bond acceptors (Lipinski definition) is 2. The van der Waals surface area contributed by atoms with Crippen LogP contribution < -0.4 is 11.3 Å². The molecule has 3 aromatic rings. The molecule has 0 saturated carbocycles. The summed E-state index contributed by atoms with van der Waals surface area (Å²) in [7, 11) is 0. The minimum absolute atomic E-state index is 0.117. The molecule has 0 amide bonds. The molecule has 0 radical (unpaired) electrons. The molecule has 1 aromatic heterocycles. The molecule has 1 heterocycles. The van der Waals surface area contributed by atoms with E-state index in [4.69, 9.17) is 5.73 Å². The molecule has 0 spiro atoms. The van der Waals surface area contributed by atoms with Crippen molar-refractivity contribution in [1.29, 1.82) is 0 Å². The Balaban J connectivity index is 2.13. The zero-order chi connectivity index (χ0) is 13.2. The van der Waals surface area contributed by atoms with Crippen LogP contribution in [0.4, 0.5) is 0 Å². The van der Waals surface area contributed by atoms with Gasteiger partial charge in [-0.2, -0.15) is 0 Å². The quantitative estimate of drug-likeness (QED) is 0.734. The van der Waals surface area contributed by atoms with E-state index in [1.165, 1.54) is 5.39 Å². The van der Waals surface area contributed by atoms with E-state index in [2.05, 4.69) is 29.2 Å². The fourth-order valence-electron chi connectivity index (χ4n) is 2.19. The summed E-state index contributed by atoms with van der Waals surface area (Å²) >= 11 is 0. The SMILES string of the molecule is NCc1ccc(-c2ccc3ccccc3c2)[nH]c1=O. The summed E-state index contributed by atoms with van der Waals surface area (Å²) in [6.07, 6.45) is 0. The Morgan fingerprint density at radius 3 is 2.47 bits per heavy atom. The van der Waals surface area contributed by atoms with Crippen LogP contribution in [0.3, 0.4) is 0 Å². The summed E-state index contributed by atoms with van der Waals surface area (Å²) in [5.41, 5.74) is 7.79. The van der Waals surface area contributed by atoms with Crippen molar-refractivity contribution < 1.29 is 0 Å². The average Bonchev–Trinajstić information content (AvgIpc) is 2.46. The maximum atomic E-state index is 11.8. The molecule has 0 aliphatic rings. The molecule has 2 aromatic carbocycles. The zero-order valence-corrected chi connectivity index (χ0v) is 10.4. The average molecular weight is 250 g/mol. The Hall–Kier alpha value is -2.39. The molecule has 3 nitrogen and oxygen atoms in total. The molecule has 0 bridgehead atoms. The van der Waals surface area contributed by atoms with Gasteiger partial charge in [-0.1, -0.05) is 42.5 Å². The van der Waals surface area contributed by atoms with Crippen LogP contribution in [-0.4, -0.2) is 4.98 Å². The van der Waals surface area contributed by atoms with Crippen molar-refractivity contribution in [2.75, 3.05) is 0 Å². The van der Waals surface area contributed by atoms with Gasteiger partial charge >= 0.3 is 0 Å². The number of fused-ring (bicyclic) bond motifs is 1. The smallest absolute Gasteiger partial charge is 0.252 e. The maximum Gasteiger partial charge on any atom is 0.252 e. The molecular formula is C16H14N2O. The first-order valence-electron chi connectivity index (χ1n) is 6.19. The topological polar surface area (TPSA) is 58.9 Å². The first-order chi connectivity index (χ1) is 9.28. The molecule has 3 N–H and O–H groups in total. The van der Waals surface area contributed by atoms with Crippen LogP contribution in [0.2, 0.25) is 0 Å². The minimum Gasteiger partial charge on any atom is -0.326 e. The molecule has 94 valence electrons. The van der Waals surface area contributed by atoms with Gasteiger partial charge in [-0.3, -0.25) is 4.79 Å². The van der Waals surface area contributed by atoms with Gasteiger partial charge < -0.3 is 10.7 Å². The van der Waals surface area contributed by atoms with E-state index >= 15 is 0 Å². The second-order valence-electron chi connectivity index (χ2n) is 4.49. The van der Waals surface area contributed by atoms with Crippen LogP contribution in [0.15, 0.2) is 59.4 Å². The second kappa shape index (κ2) is 4.71. The largest absolute Gasteiger partial charge is 0.326 e. The molecule has 3 heteroatoms. The molecule has 0 aliphatic carbocycles. The van der Waals surface area contributed by atoms with Crippen LogP contribution in [0.25, 0.3) is 22.0 Å². The van der Waals surface area contributed by atoms with Gasteiger partial charge in [0.25, 0.3) is 5.56 Å². The monoisotopic (exact) mass is 250 g/mol. The van der Waals surface area contributed by atoms with Crippen LogP contribution in [0, 0.1) is 0 Å². The van der Waals surface area contributed by atoms with E-state index < -0.39 is 0 Å². The van der Waals surface area contributed by atoms with Gasteiger partial charge in [0.15, 0.2) is 0 Å². The lowest BCUT2D eigenvalue weighted by Crippen LogP contribution is -2.15. The number of rotatable bonds is 2. The van der Waals surface area contributed by atoms with Crippen molar-refractivity contribution >= 4 is 10.8 Å². The summed E-state index contributed by atoms with van der Waals surface area (Å²) in [6.45, 7) is 0.257. The lowest BCUT2D eigenvalue weighted by Gasteiger charge is -2.05. The molecule has 3 rings (SSSR count). The van der Waals surface area contributed by atoms with Gasteiger partial charge in [-0.25, -0.2) is 0 Å². The van der Waals surface area contributed by atoms with Crippen molar-refractivity contribution in [1.82, 2.24) is 4.98 Å². The molecule has 0 aliphatic heterocycles. The minimum atomic E-state index is -0.117. The highest BCUT2D eigenvalue weighted by Gasteiger charge is 2.03. The fourth-order valence-corrected chi connectivity index (χ4v) is 2.19. The molecule has 0 saturated heterocycles. The highest BCUT2D eigenvalue weighted by atomic mass is 16.1. The molecular weight excluding hydrogens is 236 g/mol. The third kappa shape index (κ3) is 2.16. The van der Waals surface area contributed by atoms with E-state index in [1.54, 1.807) is 6.07 Å². The number of nitrogens with two attached hydrogens (primary N) is 1. The standard InChI is InChI=1S/C16H14N2O/c17-10-14-7-8-15(18-16(14)19)13-6-5-11-3-1-2-4-12(11)9-13/h1-9H,10,17H2,(H,18,19). The Labute approximate surface area is 110 Å². The molecule has 0 atom stereocenters. The molecule has 0 fully saturated rings. The van der Waals surface area contributed by atoms with Crippen molar-refractivity contribution in [3.8, 4) is 11.3 Å². The van der Waals surface area contributed by atoms with Crippen molar-refractivity contribution in [3.63, 3.8) is 0 Å². The summed E-state index contributed by atoms with van der Waals surface area (Å²) in [6, 6.07) is 18.0. The zero-order valence-electron chi connectivity index (χ0n) is 10.4. The lowest BCUT2D eigenvalue weighted by molar-refractivity contribution is 1.02. The van der Waals surface area contributed by atoms with Crippen LogP contribution in [0.5, 0.6) is 0 Å². The van der Waals surface area contributed by atoms with Crippen LogP contribution in [0.1, 0.15) is 5.56 Å². The predicted octanol–water partition coefficient (Wildman–Crippen LogP) is 2.65. The van der Waals surface area contributed by atoms with E-state index in [0.717, 1.165) is 16.6 Å². The van der Waals surface area contributed by atoms with Crippen LogP contribution >= 0.6 is 0 Å². The number of aromatic amines is 1. The van der Waals surface area contributed by atoms with Gasteiger partial charge in [0.1, 0.15) is 0 Å². The summed E-state index contributed by atoms with van der Waals surface area (Å²) < 4.78 is 0. The fraction of sp³-hybridized carbons (Fsp3) is 0.0625. The number of aromatic nitrogens is 1. The number of nitrogens with one attached hydrogen (secondary N) is 1. The van der Waals surface area contributed by atoms with Gasteiger partial charge in [0.2, 0.25) is 0 Å². The van der Waals surface area contributed by atoms with Gasteiger partial charge in [-0.05, 0) is 28.5 Å². The number of hydrogen-bond donors (Lipinski definition) is 2. The van der Waals surface area contributed by atoms with E-state index in [-0.39, 0.29) is 12.1 Å². The van der Waals surface area contributed by atoms with E-state index in [0.29, 0.717) is 5.56 Å². The van der Waals surface area contributed by atoms with Crippen molar-refractivity contribution in [2.45, 2.75) is 6.54 Å². The van der Waals surface area contributed by atoms with E-state index in [9.17, 15) is 4.79 Å². The van der Waals surface area contributed by atoms with Crippen molar-refractivity contribution in [3.05, 3.63) is 70.5 Å². The summed E-state index contributed by atoms with van der Waals surface area (Å²) in [4.78, 5) is 14.6. The van der Waals surface area contributed by atoms with Crippen LogP contribution in [-0.2, 0) is 6.54 Å². The number of benzene rings is 2. The molecule has 19 heavy (non-hydrogen) atoms. The van der Waals surface area contributed by atoms with Crippen molar-refractivity contribution in [2.24, 2.45) is 5.73 Å². The Morgan fingerprint density at radius 2 is 1.74 bits per heavy atom. The normalized spacial score (nSPS) is 10.8. The first-order valence-corrected chi connectivity index (χ1v) is 6.19. The van der Waals surface area contributed by atoms with Gasteiger partial charge in [0, 0.05) is 17.8 Å². The molecule has 0 unspecified atom stereocenters. The van der Waals surface area contributed by atoms with Gasteiger partial charge in [-0.15, -0.1) is 0 Å². The number of pyridine rings is 1. The Kier molecular flexibility index (Phi) is 2.89. The third-order valence-electron chi connectivity index (χ3n) is 3.27. The second-order valence-corrected chi connectivity index (χ2v) is 4.49. The first kappa shape index (κ1) is 11.7. The lowest BCUT2D eigenvalue weighted by atomic mass is 10.0.